The Balaban J connectivity index is 1.84. The van der Waals surface area contributed by atoms with Gasteiger partial charge in [-0.15, -0.1) is 0 Å². The Morgan fingerprint density at radius 2 is 1.85 bits per heavy atom. The van der Waals surface area contributed by atoms with Crippen molar-refractivity contribution in [2.24, 2.45) is 0 Å². The molecule has 1 aromatic rings. The highest BCUT2D eigenvalue weighted by Gasteiger charge is 2.31. The summed E-state index contributed by atoms with van der Waals surface area (Å²) in [4.78, 5) is 14.6. The van der Waals surface area contributed by atoms with Crippen molar-refractivity contribution in [2.75, 3.05) is 63.9 Å². The van der Waals surface area contributed by atoms with E-state index in [0.29, 0.717) is 18.9 Å². The van der Waals surface area contributed by atoms with Gasteiger partial charge in [0.15, 0.2) is 0 Å². The maximum absolute atomic E-state index is 12.8. The van der Waals surface area contributed by atoms with E-state index in [0.717, 1.165) is 39.1 Å². The number of hydrogen-bond donors (Lipinski definition) is 1. The quantitative estimate of drug-likeness (QED) is 0.523. The lowest BCUT2D eigenvalue weighted by molar-refractivity contribution is -0.900. The highest BCUT2D eigenvalue weighted by atomic mass is 32.2. The lowest BCUT2D eigenvalue weighted by Gasteiger charge is -2.33. The number of nitro groups is 1. The summed E-state index contributed by atoms with van der Waals surface area (Å²) < 4.78 is 32.1. The molecule has 0 aliphatic carbocycles. The third-order valence-corrected chi connectivity index (χ3v) is 7.06. The van der Waals surface area contributed by atoms with Gasteiger partial charge in [-0.2, -0.15) is 4.31 Å². The second-order valence-corrected chi connectivity index (χ2v) is 8.85. The minimum atomic E-state index is -3.76. The number of anilines is 1. The molecule has 0 atom stereocenters. The molecule has 0 unspecified atom stereocenters. The third-order valence-electron chi connectivity index (χ3n) is 5.17. The predicted molar refractivity (Wildman–Crippen MR) is 101 cm³/mol. The predicted octanol–water partition coefficient (Wildman–Crippen LogP) is -0.269. The molecule has 27 heavy (non-hydrogen) atoms. The van der Waals surface area contributed by atoms with Gasteiger partial charge < -0.3 is 14.5 Å². The average Bonchev–Trinajstić information content (AvgIpc) is 2.69. The number of morpholine rings is 1. The van der Waals surface area contributed by atoms with Gasteiger partial charge in [-0.1, -0.05) is 6.92 Å². The van der Waals surface area contributed by atoms with Crippen molar-refractivity contribution < 1.29 is 23.0 Å². The third kappa shape index (κ3) is 4.40. The molecule has 2 aliphatic heterocycles. The smallest absolute Gasteiger partial charge is 0.293 e. The first-order valence-electron chi connectivity index (χ1n) is 9.38. The van der Waals surface area contributed by atoms with E-state index in [-0.39, 0.29) is 23.7 Å². The van der Waals surface area contributed by atoms with Crippen LogP contribution in [0.1, 0.15) is 13.3 Å². The average molecular weight is 399 g/mol. The molecule has 10 heteroatoms. The van der Waals surface area contributed by atoms with Gasteiger partial charge in [-0.25, -0.2) is 8.42 Å². The van der Waals surface area contributed by atoms with E-state index in [9.17, 15) is 18.5 Å². The summed E-state index contributed by atoms with van der Waals surface area (Å²) in [6, 6.07) is 4.26. The van der Waals surface area contributed by atoms with Crippen LogP contribution in [-0.4, -0.2) is 76.7 Å². The van der Waals surface area contributed by atoms with Crippen LogP contribution in [0, 0.1) is 10.1 Å². The molecule has 0 aromatic heterocycles. The Morgan fingerprint density at radius 3 is 2.44 bits per heavy atom. The topological polar surface area (TPSA) is 97.4 Å². The van der Waals surface area contributed by atoms with Gasteiger partial charge in [0.2, 0.25) is 10.0 Å². The first-order chi connectivity index (χ1) is 12.9. The van der Waals surface area contributed by atoms with E-state index in [1.54, 1.807) is 6.07 Å². The first-order valence-corrected chi connectivity index (χ1v) is 10.8. The molecule has 9 nitrogen and oxygen atoms in total. The molecule has 1 aromatic carbocycles. The molecule has 150 valence electrons. The van der Waals surface area contributed by atoms with E-state index in [1.807, 2.05) is 4.90 Å². The summed E-state index contributed by atoms with van der Waals surface area (Å²) in [6.07, 6.45) is 1.11. The number of ether oxygens (including phenoxy) is 1. The fourth-order valence-corrected chi connectivity index (χ4v) is 5.11. The highest BCUT2D eigenvalue weighted by molar-refractivity contribution is 7.89. The van der Waals surface area contributed by atoms with Crippen molar-refractivity contribution in [1.29, 1.82) is 0 Å². The molecular formula is C17H27N4O5S+. The van der Waals surface area contributed by atoms with Crippen molar-refractivity contribution in [3.8, 4) is 0 Å². The van der Waals surface area contributed by atoms with Crippen LogP contribution in [0.15, 0.2) is 23.1 Å². The number of sulfonamides is 1. The Bertz CT molecular complexity index is 772. The molecule has 0 radical (unpaired) electrons. The van der Waals surface area contributed by atoms with E-state index < -0.39 is 14.9 Å². The lowest BCUT2D eigenvalue weighted by Crippen LogP contribution is -3.14. The van der Waals surface area contributed by atoms with Crippen molar-refractivity contribution in [1.82, 2.24) is 4.31 Å². The van der Waals surface area contributed by atoms with E-state index in [4.69, 9.17) is 4.74 Å². The molecule has 2 saturated heterocycles. The number of rotatable bonds is 6. The fraction of sp³-hybridized carbons (Fsp3) is 0.647. The molecule has 2 aliphatic rings. The molecule has 1 N–H and O–H groups in total. The number of quaternary nitrogens is 1. The largest absolute Gasteiger partial charge is 0.379 e. The highest BCUT2D eigenvalue weighted by Crippen LogP contribution is 2.32. The van der Waals surface area contributed by atoms with Crippen LogP contribution in [0.3, 0.4) is 0 Å². The Labute approximate surface area is 159 Å². The number of nitrogens with zero attached hydrogens (tertiary/aromatic N) is 3. The zero-order valence-corrected chi connectivity index (χ0v) is 16.4. The van der Waals surface area contributed by atoms with Crippen LogP contribution in [0.4, 0.5) is 11.4 Å². The molecule has 0 spiro atoms. The Morgan fingerprint density at radius 1 is 1.19 bits per heavy atom. The van der Waals surface area contributed by atoms with Gasteiger partial charge in [-0.05, 0) is 18.6 Å². The molecular weight excluding hydrogens is 372 g/mol. The second kappa shape index (κ2) is 8.51. The Hall–Kier alpha value is -1.75. The summed E-state index contributed by atoms with van der Waals surface area (Å²) >= 11 is 0. The van der Waals surface area contributed by atoms with Crippen molar-refractivity contribution in [3.05, 3.63) is 28.3 Å². The minimum Gasteiger partial charge on any atom is -0.379 e. The lowest BCUT2D eigenvalue weighted by atomic mass is 10.2. The summed E-state index contributed by atoms with van der Waals surface area (Å²) in [7, 11) is -3.76. The fourth-order valence-electron chi connectivity index (χ4n) is 3.68. The standard InChI is InChI=1S/C17H26N4O5S/c1-2-5-18-6-8-19(9-7-18)16-4-3-15(14-17(16)21(22)23)27(24,25)20-10-12-26-13-11-20/h3-4,14H,2,5-13H2,1H3/p+1. The molecule has 0 saturated carbocycles. The number of nitro benzene ring substituents is 1. The monoisotopic (exact) mass is 399 g/mol. The normalized spacial score (nSPS) is 20.0. The second-order valence-electron chi connectivity index (χ2n) is 6.91. The summed E-state index contributed by atoms with van der Waals surface area (Å²) in [5.41, 5.74) is 0.347. The zero-order chi connectivity index (χ0) is 19.4. The number of hydrogen-bond acceptors (Lipinski definition) is 6. The van der Waals surface area contributed by atoms with Crippen molar-refractivity contribution in [2.45, 2.75) is 18.2 Å². The van der Waals surface area contributed by atoms with Gasteiger partial charge in [-0.3, -0.25) is 10.1 Å². The molecule has 0 amide bonds. The molecule has 0 bridgehead atoms. The zero-order valence-electron chi connectivity index (χ0n) is 15.6. The molecule has 2 fully saturated rings. The van der Waals surface area contributed by atoms with Crippen LogP contribution in [0.2, 0.25) is 0 Å². The number of benzene rings is 1. The summed E-state index contributed by atoms with van der Waals surface area (Å²) in [6.45, 7) is 7.77. The maximum atomic E-state index is 12.8. The minimum absolute atomic E-state index is 0.0323. The number of nitrogens with one attached hydrogen (secondary N) is 1. The maximum Gasteiger partial charge on any atom is 0.293 e. The SMILES string of the molecule is CCC[NH+]1CCN(c2ccc(S(=O)(=O)N3CCOCC3)cc2[N+](=O)[O-])CC1. The van der Waals surface area contributed by atoms with Crippen LogP contribution < -0.4 is 9.80 Å². The van der Waals surface area contributed by atoms with Crippen molar-refractivity contribution >= 4 is 21.4 Å². The summed E-state index contributed by atoms with van der Waals surface area (Å²) in [5.74, 6) is 0. The van der Waals surface area contributed by atoms with Crippen LogP contribution >= 0.6 is 0 Å². The van der Waals surface area contributed by atoms with Gasteiger partial charge in [0.1, 0.15) is 5.69 Å². The van der Waals surface area contributed by atoms with Crippen LogP contribution in [0.5, 0.6) is 0 Å². The molecule has 3 rings (SSSR count). The van der Waals surface area contributed by atoms with Gasteiger partial charge in [0.05, 0.1) is 55.8 Å². The van der Waals surface area contributed by atoms with Gasteiger partial charge >= 0.3 is 0 Å². The van der Waals surface area contributed by atoms with Crippen LogP contribution in [-0.2, 0) is 14.8 Å². The first kappa shape index (κ1) is 20.0. The van der Waals surface area contributed by atoms with E-state index >= 15 is 0 Å². The van der Waals surface area contributed by atoms with Crippen LogP contribution in [0.25, 0.3) is 0 Å². The Kier molecular flexibility index (Phi) is 6.30. The van der Waals surface area contributed by atoms with E-state index in [2.05, 4.69) is 6.92 Å². The van der Waals surface area contributed by atoms with Crippen molar-refractivity contribution in [3.63, 3.8) is 0 Å². The van der Waals surface area contributed by atoms with Gasteiger partial charge in [0.25, 0.3) is 5.69 Å². The van der Waals surface area contributed by atoms with E-state index in [1.165, 1.54) is 21.3 Å². The number of piperazine rings is 1. The van der Waals surface area contributed by atoms with Gasteiger partial charge in [0, 0.05) is 19.2 Å². The molecule has 2 heterocycles. The summed E-state index contributed by atoms with van der Waals surface area (Å²) in [5, 5.41) is 11.6.